The van der Waals surface area contributed by atoms with E-state index in [0.717, 1.165) is 24.6 Å². The summed E-state index contributed by atoms with van der Waals surface area (Å²) in [7, 11) is 0. The fourth-order valence-corrected chi connectivity index (χ4v) is 3.32. The molecule has 2 atom stereocenters. The summed E-state index contributed by atoms with van der Waals surface area (Å²) in [6.45, 7) is 2.33. The van der Waals surface area contributed by atoms with Gasteiger partial charge in [-0.25, -0.2) is 4.79 Å². The molecule has 6 heteroatoms. The molecule has 1 heterocycles. The third-order valence-electron chi connectivity index (χ3n) is 4.58. The first-order valence-corrected chi connectivity index (χ1v) is 7.65. The largest absolute Gasteiger partial charge is 0.422 e. The van der Waals surface area contributed by atoms with Crippen molar-refractivity contribution in [3.8, 4) is 0 Å². The molecule has 2 unspecified atom stereocenters. The lowest BCUT2D eigenvalue weighted by Crippen LogP contribution is -2.41. The minimum atomic E-state index is -0.587. The molecule has 1 aliphatic rings. The van der Waals surface area contributed by atoms with Crippen molar-refractivity contribution in [2.24, 2.45) is 11.7 Å². The highest BCUT2D eigenvalue weighted by molar-refractivity contribution is 5.99. The van der Waals surface area contributed by atoms with Crippen molar-refractivity contribution in [3.05, 3.63) is 45.8 Å². The zero-order valence-electron chi connectivity index (χ0n) is 13.0. The summed E-state index contributed by atoms with van der Waals surface area (Å²) in [5.74, 6) is -0.0703. The maximum Gasteiger partial charge on any atom is 0.349 e. The van der Waals surface area contributed by atoms with E-state index in [1.807, 2.05) is 12.1 Å². The van der Waals surface area contributed by atoms with Gasteiger partial charge >= 0.3 is 5.63 Å². The normalized spacial score (nSPS) is 20.3. The minimum absolute atomic E-state index is 0. The monoisotopic (exact) mass is 336 g/mol. The number of nitrogens with one attached hydrogen (secondary N) is 1. The van der Waals surface area contributed by atoms with Crippen LogP contribution in [0.3, 0.4) is 0 Å². The molecular formula is C17H21ClN2O3. The van der Waals surface area contributed by atoms with Crippen LogP contribution < -0.4 is 16.7 Å². The van der Waals surface area contributed by atoms with Crippen LogP contribution in [0.2, 0.25) is 0 Å². The fourth-order valence-electron chi connectivity index (χ4n) is 3.32. The number of carbonyl (C=O) groups excluding carboxylic acids is 1. The van der Waals surface area contributed by atoms with E-state index < -0.39 is 5.63 Å². The molecule has 2 aromatic rings. The number of fused-ring (bicyclic) bond motifs is 1. The number of aryl methyl sites for hydroxylation is 1. The number of benzene rings is 1. The van der Waals surface area contributed by atoms with Crippen LogP contribution in [-0.4, -0.2) is 18.5 Å². The maximum absolute atomic E-state index is 12.5. The van der Waals surface area contributed by atoms with Crippen LogP contribution in [0.25, 0.3) is 11.0 Å². The van der Waals surface area contributed by atoms with Gasteiger partial charge in [0.2, 0.25) is 0 Å². The van der Waals surface area contributed by atoms with Crippen molar-refractivity contribution in [2.75, 3.05) is 6.54 Å². The Hall–Kier alpha value is -1.85. The van der Waals surface area contributed by atoms with E-state index in [1.165, 1.54) is 0 Å². The van der Waals surface area contributed by atoms with E-state index in [-0.39, 0.29) is 35.8 Å². The molecule has 124 valence electrons. The van der Waals surface area contributed by atoms with Crippen LogP contribution in [0.1, 0.15) is 35.2 Å². The first-order chi connectivity index (χ1) is 10.6. The minimum Gasteiger partial charge on any atom is -0.422 e. The number of hydrogen-bond acceptors (Lipinski definition) is 4. The molecule has 1 fully saturated rings. The average Bonchev–Trinajstić information content (AvgIpc) is 2.94. The molecule has 1 saturated carbocycles. The standard InChI is InChI=1S/C17H20N2O3.ClH/c1-10-12-6-2-3-8-14(12)22-17(21)15(10)16(20)19-13-7-4-5-11(13)9-18;/h2-3,6,8,11,13H,4-5,7,9,18H2,1H3,(H,19,20);1H. The Kier molecular flexibility index (Phi) is 5.44. The summed E-state index contributed by atoms with van der Waals surface area (Å²) < 4.78 is 5.27. The molecule has 0 bridgehead atoms. The second-order valence-electron chi connectivity index (χ2n) is 5.89. The lowest BCUT2D eigenvalue weighted by atomic mass is 10.0. The summed E-state index contributed by atoms with van der Waals surface area (Å²) in [4.78, 5) is 24.7. The van der Waals surface area contributed by atoms with Gasteiger partial charge in [-0.05, 0) is 43.9 Å². The predicted octanol–water partition coefficient (Wildman–Crippen LogP) is 2.38. The van der Waals surface area contributed by atoms with Gasteiger partial charge in [0, 0.05) is 11.4 Å². The van der Waals surface area contributed by atoms with Crippen LogP contribution in [0, 0.1) is 12.8 Å². The molecule has 0 saturated heterocycles. The molecule has 0 spiro atoms. The maximum atomic E-state index is 12.5. The molecule has 23 heavy (non-hydrogen) atoms. The fraction of sp³-hybridized carbons (Fsp3) is 0.412. The highest BCUT2D eigenvalue weighted by Gasteiger charge is 2.29. The van der Waals surface area contributed by atoms with E-state index in [1.54, 1.807) is 19.1 Å². The van der Waals surface area contributed by atoms with Crippen LogP contribution in [0.4, 0.5) is 0 Å². The van der Waals surface area contributed by atoms with Crippen molar-refractivity contribution >= 4 is 29.3 Å². The average molecular weight is 337 g/mol. The molecule has 1 amide bonds. The van der Waals surface area contributed by atoms with Gasteiger partial charge in [-0.3, -0.25) is 4.79 Å². The Morgan fingerprint density at radius 3 is 2.83 bits per heavy atom. The number of carbonyl (C=O) groups is 1. The van der Waals surface area contributed by atoms with Gasteiger partial charge in [-0.15, -0.1) is 12.4 Å². The van der Waals surface area contributed by atoms with Crippen molar-refractivity contribution in [1.82, 2.24) is 5.32 Å². The molecule has 0 aliphatic heterocycles. The summed E-state index contributed by atoms with van der Waals surface area (Å²) in [6.07, 6.45) is 2.98. The summed E-state index contributed by atoms with van der Waals surface area (Å²) in [5, 5.41) is 3.75. The van der Waals surface area contributed by atoms with Crippen LogP contribution in [0.15, 0.2) is 33.5 Å². The zero-order valence-corrected chi connectivity index (χ0v) is 13.8. The lowest BCUT2D eigenvalue weighted by molar-refractivity contribution is 0.0924. The molecule has 5 nitrogen and oxygen atoms in total. The summed E-state index contributed by atoms with van der Waals surface area (Å²) in [6, 6.07) is 7.28. The van der Waals surface area contributed by atoms with Crippen LogP contribution >= 0.6 is 12.4 Å². The number of rotatable bonds is 3. The first-order valence-electron chi connectivity index (χ1n) is 7.65. The Bertz CT molecular complexity index is 772. The van der Waals surface area contributed by atoms with Crippen molar-refractivity contribution in [1.29, 1.82) is 0 Å². The number of nitrogens with two attached hydrogens (primary N) is 1. The van der Waals surface area contributed by atoms with E-state index >= 15 is 0 Å². The van der Waals surface area contributed by atoms with E-state index in [9.17, 15) is 9.59 Å². The number of halogens is 1. The highest BCUT2D eigenvalue weighted by Crippen LogP contribution is 2.25. The van der Waals surface area contributed by atoms with E-state index in [2.05, 4.69) is 5.32 Å². The Morgan fingerprint density at radius 1 is 1.35 bits per heavy atom. The molecule has 1 aliphatic carbocycles. The number of amides is 1. The summed E-state index contributed by atoms with van der Waals surface area (Å²) >= 11 is 0. The van der Waals surface area contributed by atoms with Crippen LogP contribution in [0.5, 0.6) is 0 Å². The molecular weight excluding hydrogens is 316 g/mol. The number of para-hydroxylation sites is 1. The molecule has 3 rings (SSSR count). The zero-order chi connectivity index (χ0) is 15.7. The van der Waals surface area contributed by atoms with Gasteiger partial charge in [0.05, 0.1) is 0 Å². The van der Waals surface area contributed by atoms with Gasteiger partial charge in [0.15, 0.2) is 0 Å². The second kappa shape index (κ2) is 7.15. The van der Waals surface area contributed by atoms with Crippen molar-refractivity contribution in [2.45, 2.75) is 32.2 Å². The third-order valence-corrected chi connectivity index (χ3v) is 4.58. The van der Waals surface area contributed by atoms with Gasteiger partial charge in [0.25, 0.3) is 5.91 Å². The smallest absolute Gasteiger partial charge is 0.349 e. The SMILES string of the molecule is Cc1c(C(=O)NC2CCCC2CN)c(=O)oc2ccccc12.Cl. The predicted molar refractivity (Wildman–Crippen MR) is 92.1 cm³/mol. The molecule has 1 aromatic heterocycles. The second-order valence-corrected chi connectivity index (χ2v) is 5.89. The van der Waals surface area contributed by atoms with Gasteiger partial charge in [0.1, 0.15) is 11.1 Å². The molecule has 1 aromatic carbocycles. The Labute approximate surface area is 140 Å². The van der Waals surface area contributed by atoms with Gasteiger partial charge in [-0.2, -0.15) is 0 Å². The van der Waals surface area contributed by atoms with Crippen molar-refractivity contribution in [3.63, 3.8) is 0 Å². The highest BCUT2D eigenvalue weighted by atomic mass is 35.5. The third kappa shape index (κ3) is 3.26. The Morgan fingerprint density at radius 2 is 2.09 bits per heavy atom. The molecule has 3 N–H and O–H groups in total. The van der Waals surface area contributed by atoms with Gasteiger partial charge < -0.3 is 15.5 Å². The van der Waals surface area contributed by atoms with Gasteiger partial charge in [-0.1, -0.05) is 24.6 Å². The van der Waals surface area contributed by atoms with Crippen LogP contribution in [-0.2, 0) is 0 Å². The quantitative estimate of drug-likeness (QED) is 0.843. The summed E-state index contributed by atoms with van der Waals surface area (Å²) in [5.41, 5.74) is 6.41. The molecule has 0 radical (unpaired) electrons. The topological polar surface area (TPSA) is 85.3 Å². The van der Waals surface area contributed by atoms with Crippen molar-refractivity contribution < 1.29 is 9.21 Å². The number of hydrogen-bond donors (Lipinski definition) is 2. The first kappa shape index (κ1) is 17.5. The lowest BCUT2D eigenvalue weighted by Gasteiger charge is -2.19. The Balaban J connectivity index is 0.00000192. The van der Waals surface area contributed by atoms with E-state index in [0.29, 0.717) is 17.7 Å². The van der Waals surface area contributed by atoms with E-state index in [4.69, 9.17) is 10.2 Å².